The molecule has 0 aromatic heterocycles. The Bertz CT molecular complexity index is 485. The van der Waals surface area contributed by atoms with Gasteiger partial charge in [0.1, 0.15) is 0 Å². The van der Waals surface area contributed by atoms with Crippen molar-refractivity contribution < 1.29 is 4.79 Å². The lowest BCUT2D eigenvalue weighted by molar-refractivity contribution is -0.130. The molecule has 3 N–H and O–H groups in total. The van der Waals surface area contributed by atoms with Crippen LogP contribution in [0.5, 0.6) is 0 Å². The summed E-state index contributed by atoms with van der Waals surface area (Å²) >= 11 is 0. The van der Waals surface area contributed by atoms with E-state index in [2.05, 4.69) is 50.4 Å². The summed E-state index contributed by atoms with van der Waals surface area (Å²) in [6.07, 6.45) is 1.95. The number of nitrogens with one attached hydrogen (secondary N) is 1. The van der Waals surface area contributed by atoms with Gasteiger partial charge in [-0.25, -0.2) is 0 Å². The van der Waals surface area contributed by atoms with Gasteiger partial charge in [0.15, 0.2) is 0 Å². The maximum atomic E-state index is 11.6. The van der Waals surface area contributed by atoms with Crippen LogP contribution in [0, 0.1) is 0 Å². The van der Waals surface area contributed by atoms with Crippen LogP contribution < -0.4 is 11.1 Å². The van der Waals surface area contributed by atoms with Crippen molar-refractivity contribution in [1.82, 2.24) is 4.90 Å². The molecule has 0 unspecified atom stereocenters. The highest BCUT2D eigenvalue weighted by molar-refractivity contribution is 5.78. The van der Waals surface area contributed by atoms with Gasteiger partial charge in [-0.3, -0.25) is 4.79 Å². The number of hydrogen-bond acceptors (Lipinski definition) is 3. The largest absolute Gasteiger partial charge is 0.382 e. The molecule has 1 aliphatic heterocycles. The van der Waals surface area contributed by atoms with Gasteiger partial charge in [-0.1, -0.05) is 39.0 Å². The normalized spacial score (nSPS) is 16.9. The lowest BCUT2D eigenvalue weighted by atomic mass is 9.85. The Balaban J connectivity index is 2.00. The zero-order valence-electron chi connectivity index (χ0n) is 13.4. The summed E-state index contributed by atoms with van der Waals surface area (Å²) < 4.78 is 0. The molecule has 1 saturated heterocycles. The van der Waals surface area contributed by atoms with Crippen LogP contribution in [0.3, 0.4) is 0 Å². The molecule has 0 radical (unpaired) electrons. The first kappa shape index (κ1) is 15.8. The molecular formula is C17H27N3O. The first-order valence-corrected chi connectivity index (χ1v) is 7.75. The van der Waals surface area contributed by atoms with Crippen LogP contribution >= 0.6 is 0 Å². The average molecular weight is 289 g/mol. The van der Waals surface area contributed by atoms with Gasteiger partial charge in [-0.2, -0.15) is 0 Å². The van der Waals surface area contributed by atoms with Gasteiger partial charge in [-0.05, 0) is 29.9 Å². The molecule has 1 fully saturated rings. The SMILES string of the molecule is CC(C)(C)c1ccccc1NC1CCN(C(=O)CN)CC1. The predicted molar refractivity (Wildman–Crippen MR) is 87.4 cm³/mol. The second-order valence-corrected chi connectivity index (χ2v) is 6.80. The summed E-state index contributed by atoms with van der Waals surface area (Å²) in [7, 11) is 0. The van der Waals surface area contributed by atoms with Gasteiger partial charge in [0.05, 0.1) is 6.54 Å². The summed E-state index contributed by atoms with van der Waals surface area (Å²) in [5.41, 5.74) is 8.10. The van der Waals surface area contributed by atoms with Gasteiger partial charge in [-0.15, -0.1) is 0 Å². The molecule has 1 amide bonds. The fourth-order valence-electron chi connectivity index (χ4n) is 2.89. The zero-order valence-corrected chi connectivity index (χ0v) is 13.4. The third-order valence-electron chi connectivity index (χ3n) is 4.12. The van der Waals surface area contributed by atoms with Crippen molar-refractivity contribution in [3.8, 4) is 0 Å². The van der Waals surface area contributed by atoms with Crippen LogP contribution in [0.15, 0.2) is 24.3 Å². The highest BCUT2D eigenvalue weighted by Crippen LogP contribution is 2.30. The molecule has 1 aromatic carbocycles. The molecule has 116 valence electrons. The number of nitrogens with zero attached hydrogens (tertiary/aromatic N) is 1. The smallest absolute Gasteiger partial charge is 0.236 e. The number of anilines is 1. The Kier molecular flexibility index (Phi) is 4.88. The van der Waals surface area contributed by atoms with Crippen LogP contribution in [-0.2, 0) is 10.2 Å². The van der Waals surface area contributed by atoms with Crippen LogP contribution in [0.25, 0.3) is 0 Å². The Hall–Kier alpha value is -1.55. The fourth-order valence-corrected chi connectivity index (χ4v) is 2.89. The van der Waals surface area contributed by atoms with Crippen LogP contribution in [0.1, 0.15) is 39.2 Å². The van der Waals surface area contributed by atoms with Gasteiger partial charge in [0.25, 0.3) is 0 Å². The van der Waals surface area contributed by atoms with Gasteiger partial charge in [0, 0.05) is 24.8 Å². The van der Waals surface area contributed by atoms with Crippen molar-refractivity contribution in [2.45, 2.75) is 45.1 Å². The topological polar surface area (TPSA) is 58.4 Å². The number of piperidine rings is 1. The number of amides is 1. The Labute approximate surface area is 127 Å². The van der Waals surface area contributed by atoms with Crippen molar-refractivity contribution in [1.29, 1.82) is 0 Å². The van der Waals surface area contributed by atoms with Crippen molar-refractivity contribution >= 4 is 11.6 Å². The number of likely N-dealkylation sites (tertiary alicyclic amines) is 1. The fraction of sp³-hybridized carbons (Fsp3) is 0.588. The molecule has 0 spiro atoms. The van der Waals surface area contributed by atoms with E-state index >= 15 is 0 Å². The standard InChI is InChI=1S/C17H27N3O/c1-17(2,3)14-6-4-5-7-15(14)19-13-8-10-20(11-9-13)16(21)12-18/h4-7,13,19H,8-12,18H2,1-3H3. The van der Waals surface area contributed by atoms with Crippen LogP contribution in [0.2, 0.25) is 0 Å². The van der Waals surface area contributed by atoms with E-state index in [9.17, 15) is 4.79 Å². The van der Waals surface area contributed by atoms with Crippen LogP contribution in [0.4, 0.5) is 5.69 Å². The van der Waals surface area contributed by atoms with E-state index in [1.54, 1.807) is 0 Å². The number of hydrogen-bond donors (Lipinski definition) is 2. The highest BCUT2D eigenvalue weighted by atomic mass is 16.2. The number of benzene rings is 1. The lowest BCUT2D eigenvalue weighted by Gasteiger charge is -2.34. The minimum Gasteiger partial charge on any atom is -0.382 e. The van der Waals surface area contributed by atoms with Crippen molar-refractivity contribution in [3.05, 3.63) is 29.8 Å². The summed E-state index contributed by atoms with van der Waals surface area (Å²) in [4.78, 5) is 13.5. The predicted octanol–water partition coefficient (Wildman–Crippen LogP) is 2.35. The molecule has 1 heterocycles. The molecule has 1 aromatic rings. The summed E-state index contributed by atoms with van der Waals surface area (Å²) in [6, 6.07) is 8.93. The number of para-hydroxylation sites is 1. The number of nitrogens with two attached hydrogens (primary N) is 1. The minimum absolute atomic E-state index is 0.0588. The van der Waals surface area contributed by atoms with E-state index in [1.165, 1.54) is 11.3 Å². The molecule has 2 rings (SSSR count). The van der Waals surface area contributed by atoms with Gasteiger partial charge in [0.2, 0.25) is 5.91 Å². The maximum Gasteiger partial charge on any atom is 0.236 e. The zero-order chi connectivity index (χ0) is 15.5. The van der Waals surface area contributed by atoms with E-state index in [1.807, 2.05) is 4.90 Å². The third-order valence-corrected chi connectivity index (χ3v) is 4.12. The monoisotopic (exact) mass is 289 g/mol. The number of carbonyl (C=O) groups is 1. The van der Waals surface area contributed by atoms with Crippen LogP contribution in [-0.4, -0.2) is 36.5 Å². The highest BCUT2D eigenvalue weighted by Gasteiger charge is 2.24. The van der Waals surface area contributed by atoms with E-state index in [-0.39, 0.29) is 17.9 Å². The Morgan fingerprint density at radius 3 is 2.48 bits per heavy atom. The Morgan fingerprint density at radius 2 is 1.90 bits per heavy atom. The quantitative estimate of drug-likeness (QED) is 0.898. The molecule has 21 heavy (non-hydrogen) atoms. The minimum atomic E-state index is 0.0588. The molecule has 0 aliphatic carbocycles. The second-order valence-electron chi connectivity index (χ2n) is 6.80. The third kappa shape index (κ3) is 3.97. The summed E-state index contributed by atoms with van der Waals surface area (Å²) in [5, 5.41) is 3.66. The first-order chi connectivity index (χ1) is 9.91. The van der Waals surface area contributed by atoms with E-state index in [0.29, 0.717) is 6.04 Å². The molecule has 0 atom stereocenters. The van der Waals surface area contributed by atoms with E-state index in [4.69, 9.17) is 5.73 Å². The van der Waals surface area contributed by atoms with Gasteiger partial charge < -0.3 is 16.0 Å². The number of rotatable bonds is 3. The molecule has 0 bridgehead atoms. The molecule has 0 saturated carbocycles. The number of carbonyl (C=O) groups excluding carboxylic acids is 1. The Morgan fingerprint density at radius 1 is 1.29 bits per heavy atom. The second kappa shape index (κ2) is 6.48. The summed E-state index contributed by atoms with van der Waals surface area (Å²) in [6.45, 7) is 8.41. The van der Waals surface area contributed by atoms with E-state index < -0.39 is 0 Å². The van der Waals surface area contributed by atoms with E-state index in [0.717, 1.165) is 25.9 Å². The first-order valence-electron chi connectivity index (χ1n) is 7.75. The lowest BCUT2D eigenvalue weighted by Crippen LogP contribution is -2.44. The van der Waals surface area contributed by atoms with Gasteiger partial charge >= 0.3 is 0 Å². The van der Waals surface area contributed by atoms with Crippen molar-refractivity contribution in [2.75, 3.05) is 25.0 Å². The molecule has 4 heteroatoms. The van der Waals surface area contributed by atoms with Crippen molar-refractivity contribution in [3.63, 3.8) is 0 Å². The average Bonchev–Trinajstić information content (AvgIpc) is 2.47. The van der Waals surface area contributed by atoms with Crippen molar-refractivity contribution in [2.24, 2.45) is 5.73 Å². The molecular weight excluding hydrogens is 262 g/mol. The summed E-state index contributed by atoms with van der Waals surface area (Å²) in [5.74, 6) is 0.0588. The molecule has 4 nitrogen and oxygen atoms in total. The molecule has 1 aliphatic rings. The maximum absolute atomic E-state index is 11.6.